The molecule has 0 aromatic rings. The first-order valence-corrected chi connectivity index (χ1v) is 4.88. The van der Waals surface area contributed by atoms with E-state index >= 15 is 0 Å². The molecule has 0 bridgehead atoms. The maximum atomic E-state index is 10.3. The summed E-state index contributed by atoms with van der Waals surface area (Å²) in [6.45, 7) is 6.09. The predicted molar refractivity (Wildman–Crippen MR) is 55.0 cm³/mol. The van der Waals surface area contributed by atoms with Crippen LogP contribution < -0.4 is 0 Å². The highest BCUT2D eigenvalue weighted by Gasteiger charge is 2.24. The first-order chi connectivity index (χ1) is 6.50. The highest BCUT2D eigenvalue weighted by molar-refractivity contribution is 5.79. The number of hydrogen-bond donors (Lipinski definition) is 1. The predicted octanol–water partition coefficient (Wildman–Crippen LogP) is 0.609. The van der Waals surface area contributed by atoms with Crippen molar-refractivity contribution in [2.75, 3.05) is 20.1 Å². The van der Waals surface area contributed by atoms with Crippen molar-refractivity contribution in [3.63, 3.8) is 0 Å². The molecule has 1 saturated heterocycles. The molecule has 2 atom stereocenters. The lowest BCUT2D eigenvalue weighted by Gasteiger charge is -2.42. The van der Waals surface area contributed by atoms with Crippen LogP contribution in [0.15, 0.2) is 12.3 Å². The molecule has 14 heavy (non-hydrogen) atoms. The SMILES string of the molecule is CC1CN(/C=C/C(=O)O)CC(C)N1C. The maximum Gasteiger partial charge on any atom is 0.329 e. The van der Waals surface area contributed by atoms with Crippen LogP contribution in [0, 0.1) is 0 Å². The Labute approximate surface area is 84.8 Å². The van der Waals surface area contributed by atoms with E-state index in [0.717, 1.165) is 13.1 Å². The van der Waals surface area contributed by atoms with Gasteiger partial charge in [0.05, 0.1) is 0 Å². The van der Waals surface area contributed by atoms with Crippen LogP contribution in [0.1, 0.15) is 13.8 Å². The largest absolute Gasteiger partial charge is 0.478 e. The quantitative estimate of drug-likeness (QED) is 0.660. The third-order valence-electron chi connectivity index (χ3n) is 2.82. The van der Waals surface area contributed by atoms with Crippen LogP contribution in [0.4, 0.5) is 0 Å². The van der Waals surface area contributed by atoms with Gasteiger partial charge in [-0.1, -0.05) is 0 Å². The van der Waals surface area contributed by atoms with Gasteiger partial charge in [0.25, 0.3) is 0 Å². The minimum Gasteiger partial charge on any atom is -0.478 e. The van der Waals surface area contributed by atoms with Gasteiger partial charge < -0.3 is 10.0 Å². The summed E-state index contributed by atoms with van der Waals surface area (Å²) in [5.74, 6) is -0.885. The number of carboxylic acid groups (broad SMARTS) is 1. The molecular formula is C10H18N2O2. The molecular weight excluding hydrogens is 180 g/mol. The van der Waals surface area contributed by atoms with Gasteiger partial charge in [0, 0.05) is 37.4 Å². The van der Waals surface area contributed by atoms with Crippen molar-refractivity contribution in [1.82, 2.24) is 9.80 Å². The molecule has 1 heterocycles. The normalized spacial score (nSPS) is 29.8. The molecule has 0 amide bonds. The van der Waals surface area contributed by atoms with E-state index < -0.39 is 5.97 Å². The molecule has 1 aliphatic rings. The first kappa shape index (κ1) is 11.0. The van der Waals surface area contributed by atoms with Crippen LogP contribution in [0.25, 0.3) is 0 Å². The average Bonchev–Trinajstić information content (AvgIpc) is 2.10. The van der Waals surface area contributed by atoms with Gasteiger partial charge in [0.15, 0.2) is 0 Å². The van der Waals surface area contributed by atoms with Gasteiger partial charge in [-0.05, 0) is 20.9 Å². The Kier molecular flexibility index (Phi) is 3.52. The fourth-order valence-electron chi connectivity index (χ4n) is 1.74. The van der Waals surface area contributed by atoms with Gasteiger partial charge in [-0.15, -0.1) is 0 Å². The Bertz CT molecular complexity index is 228. The summed E-state index contributed by atoms with van der Waals surface area (Å²) in [6, 6.07) is 0.939. The number of piperazine rings is 1. The Morgan fingerprint density at radius 1 is 1.36 bits per heavy atom. The molecule has 0 aliphatic carbocycles. The fraction of sp³-hybridized carbons (Fsp3) is 0.700. The van der Waals surface area contributed by atoms with Gasteiger partial charge in [-0.25, -0.2) is 4.79 Å². The van der Waals surface area contributed by atoms with Crippen molar-refractivity contribution in [2.24, 2.45) is 0 Å². The number of carboxylic acids is 1. The molecule has 2 unspecified atom stereocenters. The second-order valence-corrected chi connectivity index (χ2v) is 3.97. The first-order valence-electron chi connectivity index (χ1n) is 4.88. The summed E-state index contributed by atoms with van der Waals surface area (Å²) in [5.41, 5.74) is 0. The number of nitrogens with zero attached hydrogens (tertiary/aromatic N) is 2. The number of likely N-dealkylation sites (N-methyl/N-ethyl adjacent to an activating group) is 1. The Hall–Kier alpha value is -1.03. The topological polar surface area (TPSA) is 43.8 Å². The van der Waals surface area contributed by atoms with E-state index in [9.17, 15) is 4.79 Å². The number of carbonyl (C=O) groups is 1. The zero-order valence-electron chi connectivity index (χ0n) is 8.97. The number of rotatable bonds is 2. The minimum absolute atomic E-state index is 0.470. The molecule has 0 saturated carbocycles. The van der Waals surface area contributed by atoms with Crippen molar-refractivity contribution in [3.8, 4) is 0 Å². The lowest BCUT2D eigenvalue weighted by Crippen LogP contribution is -2.53. The number of aliphatic carboxylic acids is 1. The van der Waals surface area contributed by atoms with Crippen LogP contribution in [0.5, 0.6) is 0 Å². The molecule has 1 rings (SSSR count). The van der Waals surface area contributed by atoms with Gasteiger partial charge >= 0.3 is 5.97 Å². The molecule has 0 aromatic carbocycles. The van der Waals surface area contributed by atoms with Crippen LogP contribution in [-0.2, 0) is 4.79 Å². The minimum atomic E-state index is -0.885. The molecule has 4 heteroatoms. The van der Waals surface area contributed by atoms with Gasteiger partial charge in [0.1, 0.15) is 0 Å². The van der Waals surface area contributed by atoms with E-state index in [2.05, 4.69) is 30.7 Å². The summed E-state index contributed by atoms with van der Waals surface area (Å²) in [5, 5.41) is 8.50. The van der Waals surface area contributed by atoms with Crippen LogP contribution >= 0.6 is 0 Å². The highest BCUT2D eigenvalue weighted by atomic mass is 16.4. The Morgan fingerprint density at radius 3 is 2.29 bits per heavy atom. The van der Waals surface area contributed by atoms with Crippen LogP contribution in [0.3, 0.4) is 0 Å². The molecule has 0 radical (unpaired) electrons. The monoisotopic (exact) mass is 198 g/mol. The summed E-state index contributed by atoms with van der Waals surface area (Å²) >= 11 is 0. The zero-order valence-corrected chi connectivity index (χ0v) is 8.97. The molecule has 1 aliphatic heterocycles. The van der Waals surface area contributed by atoms with Gasteiger partial charge in [-0.3, -0.25) is 4.90 Å². The van der Waals surface area contributed by atoms with E-state index in [1.165, 1.54) is 6.08 Å². The zero-order chi connectivity index (χ0) is 10.7. The standard InChI is InChI=1S/C10H18N2O2/c1-8-6-12(5-4-10(13)14)7-9(2)11(8)3/h4-5,8-9H,6-7H2,1-3H3,(H,13,14)/b5-4+. The van der Waals surface area contributed by atoms with Crippen molar-refractivity contribution < 1.29 is 9.90 Å². The van der Waals surface area contributed by atoms with E-state index in [1.54, 1.807) is 6.20 Å². The van der Waals surface area contributed by atoms with Crippen LogP contribution in [0.2, 0.25) is 0 Å². The van der Waals surface area contributed by atoms with Crippen molar-refractivity contribution in [3.05, 3.63) is 12.3 Å². The molecule has 1 N–H and O–H groups in total. The second-order valence-electron chi connectivity index (χ2n) is 3.97. The highest BCUT2D eigenvalue weighted by Crippen LogP contribution is 2.13. The lowest BCUT2D eigenvalue weighted by molar-refractivity contribution is -0.131. The van der Waals surface area contributed by atoms with E-state index in [-0.39, 0.29) is 0 Å². The smallest absolute Gasteiger partial charge is 0.329 e. The second kappa shape index (κ2) is 4.46. The van der Waals surface area contributed by atoms with Crippen molar-refractivity contribution >= 4 is 5.97 Å². The van der Waals surface area contributed by atoms with E-state index in [4.69, 9.17) is 5.11 Å². The summed E-state index contributed by atoms with van der Waals surface area (Å²) in [6.07, 6.45) is 2.87. The van der Waals surface area contributed by atoms with E-state index in [0.29, 0.717) is 12.1 Å². The van der Waals surface area contributed by atoms with E-state index in [1.807, 2.05) is 0 Å². The van der Waals surface area contributed by atoms with Gasteiger partial charge in [0.2, 0.25) is 0 Å². The molecule has 0 spiro atoms. The molecule has 4 nitrogen and oxygen atoms in total. The molecule has 1 fully saturated rings. The summed E-state index contributed by atoms with van der Waals surface area (Å²) < 4.78 is 0. The third kappa shape index (κ3) is 2.73. The molecule has 0 aromatic heterocycles. The average molecular weight is 198 g/mol. The molecule has 80 valence electrons. The lowest BCUT2D eigenvalue weighted by atomic mass is 10.1. The maximum absolute atomic E-state index is 10.3. The van der Waals surface area contributed by atoms with Gasteiger partial charge in [-0.2, -0.15) is 0 Å². The third-order valence-corrected chi connectivity index (χ3v) is 2.82. The summed E-state index contributed by atoms with van der Waals surface area (Å²) in [7, 11) is 2.10. The Morgan fingerprint density at radius 2 is 1.86 bits per heavy atom. The van der Waals surface area contributed by atoms with Crippen molar-refractivity contribution in [2.45, 2.75) is 25.9 Å². The van der Waals surface area contributed by atoms with Crippen molar-refractivity contribution in [1.29, 1.82) is 0 Å². The Balaban J connectivity index is 2.54. The summed E-state index contributed by atoms with van der Waals surface area (Å²) in [4.78, 5) is 14.7. The fourth-order valence-corrected chi connectivity index (χ4v) is 1.74. The van der Waals surface area contributed by atoms with Crippen LogP contribution in [-0.4, -0.2) is 53.1 Å². The number of hydrogen-bond acceptors (Lipinski definition) is 3.